The van der Waals surface area contributed by atoms with E-state index in [2.05, 4.69) is 73.4 Å². The minimum atomic E-state index is 0.128. The Morgan fingerprint density at radius 1 is 0.444 bits per heavy atom. The van der Waals surface area contributed by atoms with Crippen LogP contribution in [0, 0.1) is 0 Å². The molecule has 1 saturated heterocycles. The quantitative estimate of drug-likeness (QED) is 0.579. The monoisotopic (exact) mass is 309 g/mol. The van der Waals surface area contributed by atoms with Crippen LogP contribution in [0.4, 0.5) is 0 Å². The van der Waals surface area contributed by atoms with Gasteiger partial charge in [0.05, 0.1) is 0 Å². The molecule has 0 N–H and O–H groups in total. The average molecular weight is 310 g/mol. The first-order valence-electron chi connectivity index (χ1n) is 6.27. The van der Waals surface area contributed by atoms with Crippen molar-refractivity contribution in [1.82, 2.24) is 11.1 Å². The van der Waals surface area contributed by atoms with Gasteiger partial charge in [0.1, 0.15) is 0 Å². The summed E-state index contributed by atoms with van der Waals surface area (Å²) in [4.78, 5) is 0. The van der Waals surface area contributed by atoms with E-state index in [-0.39, 0.29) is 16.6 Å². The Labute approximate surface area is 126 Å². The maximum Gasteiger partial charge on any atom is 0.0366 e. The first kappa shape index (κ1) is 17.0. The Kier molecular flexibility index (Phi) is 5.07. The number of nitrogens with zero attached hydrogens (tertiary/aromatic N) is 3. The first-order valence-corrected chi connectivity index (χ1v) is 8.46. The maximum absolute atomic E-state index is 2.38. The highest BCUT2D eigenvalue weighted by Gasteiger charge is 2.42. The van der Waals surface area contributed by atoms with Gasteiger partial charge < -0.3 is 0 Å². The molecule has 0 bridgehead atoms. The molecule has 0 radical (unpaired) electrons. The second-order valence-electron chi connectivity index (χ2n) is 7.53. The zero-order valence-corrected chi connectivity index (χ0v) is 15.5. The van der Waals surface area contributed by atoms with Crippen LogP contribution in [0.1, 0.15) is 62.3 Å². The second kappa shape index (κ2) is 5.37. The maximum atomic E-state index is 2.38. The van der Waals surface area contributed by atoms with Gasteiger partial charge in [-0.3, -0.25) is 0 Å². The minimum absolute atomic E-state index is 0.128. The average Bonchev–Trinajstić information content (AvgIpc) is 2.13. The lowest BCUT2D eigenvalue weighted by atomic mass is 10.1. The fraction of sp³-hybridized carbons (Fsp3) is 1.00. The van der Waals surface area contributed by atoms with E-state index in [0.717, 1.165) is 0 Å². The SMILES string of the molecule is CC(C)(C)N1SN(C(C)(C)C)SN(C(C)(C)C)S1. The summed E-state index contributed by atoms with van der Waals surface area (Å²) in [7, 11) is 0. The summed E-state index contributed by atoms with van der Waals surface area (Å²) >= 11 is 5.45. The summed E-state index contributed by atoms with van der Waals surface area (Å²) in [5.74, 6) is 0. The first-order chi connectivity index (χ1) is 7.82. The number of rotatable bonds is 0. The summed E-state index contributed by atoms with van der Waals surface area (Å²) in [5.41, 5.74) is 0.385. The van der Waals surface area contributed by atoms with E-state index in [1.54, 1.807) is 0 Å². The Bertz CT molecular complexity index is 235. The molecule has 0 aliphatic carbocycles. The van der Waals surface area contributed by atoms with Gasteiger partial charge in [0.2, 0.25) is 0 Å². The highest BCUT2D eigenvalue weighted by Crippen LogP contribution is 2.52. The molecular formula is C12H27N3S3. The largest absolute Gasteiger partial charge is 0.160 e. The van der Waals surface area contributed by atoms with Gasteiger partial charge in [0.15, 0.2) is 0 Å². The normalized spacial score (nSPS) is 22.5. The van der Waals surface area contributed by atoms with Crippen LogP contribution in [0.3, 0.4) is 0 Å². The van der Waals surface area contributed by atoms with Gasteiger partial charge in [-0.15, -0.1) is 0 Å². The molecule has 1 aliphatic rings. The third-order valence-electron chi connectivity index (χ3n) is 2.09. The van der Waals surface area contributed by atoms with E-state index in [1.165, 1.54) is 0 Å². The van der Waals surface area contributed by atoms with Crippen molar-refractivity contribution < 1.29 is 0 Å². The molecule has 0 spiro atoms. The zero-order valence-electron chi connectivity index (χ0n) is 13.1. The van der Waals surface area contributed by atoms with Crippen molar-refractivity contribution in [1.29, 1.82) is 0 Å². The van der Waals surface area contributed by atoms with E-state index in [0.29, 0.717) is 0 Å². The number of hydrogen-bond acceptors (Lipinski definition) is 6. The van der Waals surface area contributed by atoms with Crippen LogP contribution >= 0.6 is 36.4 Å². The molecule has 0 aromatic rings. The molecule has 108 valence electrons. The van der Waals surface area contributed by atoms with Gasteiger partial charge in [-0.25, -0.2) is 0 Å². The highest BCUT2D eigenvalue weighted by molar-refractivity contribution is 8.24. The highest BCUT2D eigenvalue weighted by atomic mass is 32.3. The third-order valence-corrected chi connectivity index (χ3v) is 7.46. The van der Waals surface area contributed by atoms with Crippen molar-refractivity contribution in [2.45, 2.75) is 78.9 Å². The second-order valence-corrected chi connectivity index (χ2v) is 10.9. The van der Waals surface area contributed by atoms with E-state index in [9.17, 15) is 0 Å². The molecule has 0 saturated carbocycles. The molecular weight excluding hydrogens is 282 g/mol. The van der Waals surface area contributed by atoms with E-state index < -0.39 is 0 Å². The van der Waals surface area contributed by atoms with Gasteiger partial charge >= 0.3 is 0 Å². The van der Waals surface area contributed by atoms with Crippen molar-refractivity contribution in [3.8, 4) is 0 Å². The summed E-state index contributed by atoms with van der Waals surface area (Å²) in [6.07, 6.45) is 0. The fourth-order valence-electron chi connectivity index (χ4n) is 0.982. The molecule has 6 heteroatoms. The molecule has 0 unspecified atom stereocenters. The minimum Gasteiger partial charge on any atom is -0.160 e. The molecule has 0 atom stereocenters. The summed E-state index contributed by atoms with van der Waals surface area (Å²) in [6.45, 7) is 20.3. The Morgan fingerprint density at radius 3 is 0.722 bits per heavy atom. The molecule has 1 heterocycles. The summed E-state index contributed by atoms with van der Waals surface area (Å²) < 4.78 is 7.12. The number of hydrogen-bond donors (Lipinski definition) is 0. The van der Waals surface area contributed by atoms with Gasteiger partial charge in [0, 0.05) is 53.0 Å². The zero-order chi connectivity index (χ0) is 14.4. The van der Waals surface area contributed by atoms with E-state index in [4.69, 9.17) is 0 Å². The smallest absolute Gasteiger partial charge is 0.0366 e. The fourth-order valence-corrected chi connectivity index (χ4v) is 4.79. The van der Waals surface area contributed by atoms with Crippen LogP contribution in [0.2, 0.25) is 0 Å². The van der Waals surface area contributed by atoms with Crippen molar-refractivity contribution in [2.75, 3.05) is 0 Å². The van der Waals surface area contributed by atoms with Gasteiger partial charge in [-0.1, -0.05) is 0 Å². The lowest BCUT2D eigenvalue weighted by Crippen LogP contribution is -2.48. The Balaban J connectivity index is 2.93. The molecule has 3 nitrogen and oxygen atoms in total. The summed E-state index contributed by atoms with van der Waals surface area (Å²) in [6, 6.07) is 0. The van der Waals surface area contributed by atoms with Crippen molar-refractivity contribution >= 4 is 36.4 Å². The molecule has 18 heavy (non-hydrogen) atoms. The molecule has 0 aromatic carbocycles. The van der Waals surface area contributed by atoms with Crippen LogP contribution in [0.15, 0.2) is 0 Å². The van der Waals surface area contributed by atoms with E-state index >= 15 is 0 Å². The predicted octanol–water partition coefficient (Wildman–Crippen LogP) is 4.99. The lowest BCUT2D eigenvalue weighted by Gasteiger charge is -2.50. The van der Waals surface area contributed by atoms with Crippen LogP contribution in [-0.2, 0) is 0 Å². The third kappa shape index (κ3) is 4.49. The van der Waals surface area contributed by atoms with Crippen LogP contribution in [-0.4, -0.2) is 27.7 Å². The van der Waals surface area contributed by atoms with Crippen molar-refractivity contribution in [3.05, 3.63) is 0 Å². The molecule has 1 aliphatic heterocycles. The molecule has 0 amide bonds. The Hall–Kier alpha value is 0.930. The van der Waals surface area contributed by atoms with Crippen molar-refractivity contribution in [3.63, 3.8) is 0 Å². The van der Waals surface area contributed by atoms with E-state index in [1.807, 2.05) is 36.4 Å². The van der Waals surface area contributed by atoms with Crippen LogP contribution in [0.25, 0.3) is 0 Å². The lowest BCUT2D eigenvalue weighted by molar-refractivity contribution is 0.324. The van der Waals surface area contributed by atoms with Crippen molar-refractivity contribution in [2.24, 2.45) is 0 Å². The van der Waals surface area contributed by atoms with Crippen LogP contribution in [0.5, 0.6) is 0 Å². The molecule has 0 aromatic heterocycles. The standard InChI is InChI=1S/C12H27N3S3/c1-10(2,3)13-16-14(11(4,5)6)18-15(17-13)12(7,8)9/h1-9H3. The van der Waals surface area contributed by atoms with Gasteiger partial charge in [0.25, 0.3) is 0 Å². The van der Waals surface area contributed by atoms with Gasteiger partial charge in [-0.05, 0) is 62.3 Å². The summed E-state index contributed by atoms with van der Waals surface area (Å²) in [5, 5.41) is 0. The molecule has 1 fully saturated rings. The van der Waals surface area contributed by atoms with Gasteiger partial charge in [-0.2, -0.15) is 11.1 Å². The van der Waals surface area contributed by atoms with Crippen LogP contribution < -0.4 is 0 Å². The topological polar surface area (TPSA) is 9.72 Å². The predicted molar refractivity (Wildman–Crippen MR) is 87.5 cm³/mol. The Morgan fingerprint density at radius 2 is 0.611 bits per heavy atom. The molecule has 1 rings (SSSR count).